The third-order valence-corrected chi connectivity index (χ3v) is 4.57. The predicted octanol–water partition coefficient (Wildman–Crippen LogP) is 6.88. The van der Waals surface area contributed by atoms with Crippen molar-refractivity contribution in [1.82, 2.24) is 0 Å². The Balaban J connectivity index is 2.26. The summed E-state index contributed by atoms with van der Waals surface area (Å²) in [5.74, 6) is 1.16. The third-order valence-electron chi connectivity index (χ3n) is 4.57. The van der Waals surface area contributed by atoms with Crippen molar-refractivity contribution in [3.8, 4) is 11.5 Å². The second-order valence-electron chi connectivity index (χ2n) is 7.33. The van der Waals surface area contributed by atoms with Crippen molar-refractivity contribution >= 4 is 12.2 Å². The number of benzene rings is 2. The number of methoxy groups -OCH3 is 1. The van der Waals surface area contributed by atoms with E-state index in [0.717, 1.165) is 29.7 Å². The number of allylic oxidation sites excluding steroid dienone is 4. The van der Waals surface area contributed by atoms with Gasteiger partial charge in [0.1, 0.15) is 11.5 Å². The molecule has 0 saturated carbocycles. The van der Waals surface area contributed by atoms with Gasteiger partial charge in [-0.2, -0.15) is 0 Å². The van der Waals surface area contributed by atoms with E-state index in [0.29, 0.717) is 0 Å². The van der Waals surface area contributed by atoms with Crippen molar-refractivity contribution in [1.29, 1.82) is 0 Å². The summed E-state index contributed by atoms with van der Waals surface area (Å²) in [4.78, 5) is 0. The van der Waals surface area contributed by atoms with E-state index in [1.807, 2.05) is 30.3 Å². The zero-order valence-corrected chi connectivity index (χ0v) is 16.8. The zero-order valence-electron chi connectivity index (χ0n) is 16.8. The first kappa shape index (κ1) is 20.6. The van der Waals surface area contributed by atoms with Crippen LogP contribution in [0, 0.1) is 5.41 Å². The van der Waals surface area contributed by atoms with E-state index in [2.05, 4.69) is 57.2 Å². The molecule has 0 aliphatic rings. The second-order valence-corrected chi connectivity index (χ2v) is 7.33. The Bertz CT molecular complexity index is 808. The molecular weight excluding hydrogens is 332 g/mol. The van der Waals surface area contributed by atoms with Crippen LogP contribution in [-0.4, -0.2) is 12.2 Å². The number of aromatic hydroxyl groups is 1. The summed E-state index contributed by atoms with van der Waals surface area (Å²) in [6, 6.07) is 15.3. The minimum absolute atomic E-state index is 0.0926. The highest BCUT2D eigenvalue weighted by Crippen LogP contribution is 2.31. The standard InChI is InChI=1S/C25H30O2/c1-20(2)8-7-17-25(3,18-15-21-11-13-23(26)14-12-21)19-16-22-9-5-6-10-24(22)27-4/h5-6,8-16,18-19,26H,7,17H2,1-4H3/b18-15+,19-16+/t25-/m1/s1. The van der Waals surface area contributed by atoms with E-state index in [4.69, 9.17) is 4.74 Å². The smallest absolute Gasteiger partial charge is 0.126 e. The number of hydrogen-bond acceptors (Lipinski definition) is 2. The Morgan fingerprint density at radius 3 is 2.33 bits per heavy atom. The maximum Gasteiger partial charge on any atom is 0.126 e. The van der Waals surface area contributed by atoms with Crippen LogP contribution >= 0.6 is 0 Å². The highest BCUT2D eigenvalue weighted by atomic mass is 16.5. The van der Waals surface area contributed by atoms with Crippen LogP contribution < -0.4 is 4.74 Å². The number of phenols is 1. The number of phenolic OH excluding ortho intramolecular Hbond substituents is 1. The lowest BCUT2D eigenvalue weighted by Crippen LogP contribution is -2.09. The van der Waals surface area contributed by atoms with E-state index in [9.17, 15) is 5.11 Å². The molecule has 2 aromatic rings. The molecule has 27 heavy (non-hydrogen) atoms. The summed E-state index contributed by atoms with van der Waals surface area (Å²) >= 11 is 0. The van der Waals surface area contributed by atoms with Gasteiger partial charge in [-0.15, -0.1) is 0 Å². The van der Waals surface area contributed by atoms with Gasteiger partial charge in [-0.3, -0.25) is 0 Å². The van der Waals surface area contributed by atoms with Gasteiger partial charge in [0.2, 0.25) is 0 Å². The van der Waals surface area contributed by atoms with E-state index in [1.165, 1.54) is 5.57 Å². The minimum Gasteiger partial charge on any atom is -0.508 e. The third kappa shape index (κ3) is 6.82. The molecule has 2 nitrogen and oxygen atoms in total. The number of hydrogen-bond donors (Lipinski definition) is 1. The number of para-hydroxylation sites is 1. The highest BCUT2D eigenvalue weighted by molar-refractivity contribution is 5.59. The van der Waals surface area contributed by atoms with Crippen LogP contribution in [-0.2, 0) is 0 Å². The maximum atomic E-state index is 9.46. The Labute approximate surface area is 163 Å². The first-order valence-electron chi connectivity index (χ1n) is 9.36. The first-order valence-corrected chi connectivity index (χ1v) is 9.36. The first-order chi connectivity index (χ1) is 12.9. The molecule has 0 fully saturated rings. The van der Waals surface area contributed by atoms with Crippen LogP contribution in [0.15, 0.2) is 72.3 Å². The molecule has 0 spiro atoms. The van der Waals surface area contributed by atoms with E-state index >= 15 is 0 Å². The predicted molar refractivity (Wildman–Crippen MR) is 116 cm³/mol. The topological polar surface area (TPSA) is 29.5 Å². The molecule has 0 radical (unpaired) electrons. The Morgan fingerprint density at radius 2 is 1.67 bits per heavy atom. The molecule has 0 heterocycles. The molecule has 2 aromatic carbocycles. The lowest BCUT2D eigenvalue weighted by Gasteiger charge is -2.22. The summed E-state index contributed by atoms with van der Waals surface area (Å²) in [6.45, 7) is 6.51. The Hall–Kier alpha value is -2.74. The van der Waals surface area contributed by atoms with Gasteiger partial charge in [0.25, 0.3) is 0 Å². The molecule has 0 bridgehead atoms. The van der Waals surface area contributed by atoms with Gasteiger partial charge in [-0.25, -0.2) is 0 Å². The van der Waals surface area contributed by atoms with Gasteiger partial charge in [0.05, 0.1) is 7.11 Å². The van der Waals surface area contributed by atoms with Gasteiger partial charge >= 0.3 is 0 Å². The van der Waals surface area contributed by atoms with Gasteiger partial charge in [0.15, 0.2) is 0 Å². The Kier molecular flexibility index (Phi) is 7.48. The quantitative estimate of drug-likeness (QED) is 0.519. The van der Waals surface area contributed by atoms with E-state index in [1.54, 1.807) is 19.2 Å². The lowest BCUT2D eigenvalue weighted by molar-refractivity contribution is 0.413. The van der Waals surface area contributed by atoms with E-state index < -0.39 is 0 Å². The zero-order chi connectivity index (χ0) is 19.7. The average molecular weight is 363 g/mol. The minimum atomic E-state index is -0.0926. The normalized spacial score (nSPS) is 13.6. The van der Waals surface area contributed by atoms with Crippen molar-refractivity contribution in [2.75, 3.05) is 7.11 Å². The fraction of sp³-hybridized carbons (Fsp3) is 0.280. The molecule has 1 atom stereocenters. The lowest BCUT2D eigenvalue weighted by atomic mass is 9.83. The van der Waals surface area contributed by atoms with Crippen molar-refractivity contribution in [2.45, 2.75) is 33.6 Å². The van der Waals surface area contributed by atoms with Crippen LogP contribution in [0.4, 0.5) is 0 Å². The molecule has 0 aliphatic carbocycles. The molecule has 0 aromatic heterocycles. The number of ether oxygens (including phenoxy) is 1. The number of rotatable bonds is 8. The van der Waals surface area contributed by atoms with Gasteiger partial charge in [-0.1, -0.05) is 73.2 Å². The molecule has 0 unspecified atom stereocenters. The van der Waals surface area contributed by atoms with Crippen molar-refractivity contribution in [2.24, 2.45) is 5.41 Å². The molecule has 2 rings (SSSR count). The summed E-state index contributed by atoms with van der Waals surface area (Å²) in [6.07, 6.45) is 13.1. The summed E-state index contributed by atoms with van der Waals surface area (Å²) < 4.78 is 5.46. The fourth-order valence-electron chi connectivity index (χ4n) is 2.85. The highest BCUT2D eigenvalue weighted by Gasteiger charge is 2.16. The van der Waals surface area contributed by atoms with Gasteiger partial charge in [-0.05, 0) is 50.5 Å². The van der Waals surface area contributed by atoms with Crippen molar-refractivity contribution in [3.63, 3.8) is 0 Å². The Morgan fingerprint density at radius 1 is 1.00 bits per heavy atom. The molecule has 0 saturated heterocycles. The fourth-order valence-corrected chi connectivity index (χ4v) is 2.85. The molecular formula is C25H30O2. The van der Waals surface area contributed by atoms with Crippen LogP contribution in [0.25, 0.3) is 12.2 Å². The van der Waals surface area contributed by atoms with Crippen molar-refractivity contribution < 1.29 is 9.84 Å². The maximum absolute atomic E-state index is 9.46. The molecule has 2 heteroatoms. The summed E-state index contributed by atoms with van der Waals surface area (Å²) in [5.41, 5.74) is 3.40. The van der Waals surface area contributed by atoms with E-state index in [-0.39, 0.29) is 11.2 Å². The molecule has 1 N–H and O–H groups in total. The second kappa shape index (κ2) is 9.82. The van der Waals surface area contributed by atoms with Crippen LogP contribution in [0.2, 0.25) is 0 Å². The molecule has 0 aliphatic heterocycles. The SMILES string of the molecule is COc1ccccc1/C=C/[C@@](C)(/C=C/c1ccc(O)cc1)CCC=C(C)C. The van der Waals surface area contributed by atoms with Gasteiger partial charge in [0, 0.05) is 11.0 Å². The molecule has 142 valence electrons. The average Bonchev–Trinajstić information content (AvgIpc) is 2.66. The monoisotopic (exact) mass is 362 g/mol. The van der Waals surface area contributed by atoms with Gasteiger partial charge < -0.3 is 9.84 Å². The van der Waals surface area contributed by atoms with Crippen LogP contribution in [0.3, 0.4) is 0 Å². The summed E-state index contributed by atoms with van der Waals surface area (Å²) in [5, 5.41) is 9.46. The largest absolute Gasteiger partial charge is 0.508 e. The van der Waals surface area contributed by atoms with Crippen molar-refractivity contribution in [3.05, 3.63) is 83.5 Å². The van der Waals surface area contributed by atoms with Crippen LogP contribution in [0.5, 0.6) is 11.5 Å². The molecule has 0 amide bonds. The summed E-state index contributed by atoms with van der Waals surface area (Å²) in [7, 11) is 1.70. The van der Waals surface area contributed by atoms with Crippen LogP contribution in [0.1, 0.15) is 44.7 Å².